The summed E-state index contributed by atoms with van der Waals surface area (Å²) in [5.74, 6) is 0. The highest BCUT2D eigenvalue weighted by molar-refractivity contribution is 7.90. The number of nitrogens with one attached hydrogen (secondary N) is 2. The summed E-state index contributed by atoms with van der Waals surface area (Å²) in [6, 6.07) is 3.77. The van der Waals surface area contributed by atoms with Crippen molar-refractivity contribution in [2.75, 3.05) is 36.4 Å². The Labute approximate surface area is 199 Å². The first-order valence-corrected chi connectivity index (χ1v) is 13.3. The van der Waals surface area contributed by atoms with Crippen LogP contribution in [0.4, 0.5) is 16.2 Å². The van der Waals surface area contributed by atoms with Crippen LogP contribution in [-0.2, 0) is 14.8 Å². The molecule has 2 N–H and O–H groups in total. The van der Waals surface area contributed by atoms with E-state index in [0.29, 0.717) is 25.9 Å². The number of amides is 2. The Morgan fingerprint density at radius 2 is 1.61 bits per heavy atom. The topological polar surface area (TPSA) is 91.0 Å². The third-order valence-electron chi connectivity index (χ3n) is 6.67. The third kappa shape index (κ3) is 6.00. The van der Waals surface area contributed by atoms with Gasteiger partial charge in [0, 0.05) is 43.6 Å². The SMILES string of the molecule is Cc1c(NC(=O)N2CCC(NS(=O)(=O)C(C)(C)C)CC2)ccc(N2CC(C)OC(C)C2)c1C. The summed E-state index contributed by atoms with van der Waals surface area (Å²) < 4.78 is 32.6. The second-order valence-electron chi connectivity index (χ2n) is 10.5. The summed E-state index contributed by atoms with van der Waals surface area (Å²) in [4.78, 5) is 17.0. The van der Waals surface area contributed by atoms with E-state index in [4.69, 9.17) is 4.74 Å². The predicted octanol–water partition coefficient (Wildman–Crippen LogP) is 3.63. The first kappa shape index (κ1) is 25.8. The van der Waals surface area contributed by atoms with E-state index in [0.717, 1.165) is 29.9 Å². The number of morpholine rings is 1. The molecule has 2 aliphatic heterocycles. The zero-order valence-electron chi connectivity index (χ0n) is 21.1. The lowest BCUT2D eigenvalue weighted by Gasteiger charge is -2.38. The molecule has 2 amide bonds. The molecule has 0 saturated carbocycles. The standard InChI is InChI=1S/C24H40N4O4S/c1-16-14-28(15-17(2)32-16)22-9-8-21(18(3)19(22)4)25-23(29)27-12-10-20(11-13-27)26-33(30,31)24(5,6)7/h8-9,16-17,20,26H,10-15H2,1-7H3,(H,25,29). The van der Waals surface area contributed by atoms with Gasteiger partial charge in [0.05, 0.1) is 17.0 Å². The highest BCUT2D eigenvalue weighted by atomic mass is 32.2. The van der Waals surface area contributed by atoms with Gasteiger partial charge in [-0.05, 0) is 84.6 Å². The molecular weight excluding hydrogens is 440 g/mol. The number of carbonyl (C=O) groups excluding carboxylic acids is 1. The van der Waals surface area contributed by atoms with E-state index in [2.05, 4.69) is 41.8 Å². The molecule has 0 bridgehead atoms. The van der Waals surface area contributed by atoms with E-state index in [1.165, 1.54) is 5.69 Å². The molecule has 0 radical (unpaired) electrons. The largest absolute Gasteiger partial charge is 0.372 e. The zero-order chi connectivity index (χ0) is 24.6. The fourth-order valence-electron chi connectivity index (χ4n) is 4.45. The summed E-state index contributed by atoms with van der Waals surface area (Å²) in [5.41, 5.74) is 4.20. The summed E-state index contributed by atoms with van der Waals surface area (Å²) >= 11 is 0. The van der Waals surface area contributed by atoms with Crippen molar-refractivity contribution in [3.05, 3.63) is 23.3 Å². The van der Waals surface area contributed by atoms with Crippen LogP contribution in [-0.4, -0.2) is 68.5 Å². The number of piperidine rings is 1. The number of anilines is 2. The van der Waals surface area contributed by atoms with Crippen LogP contribution >= 0.6 is 0 Å². The van der Waals surface area contributed by atoms with Gasteiger partial charge >= 0.3 is 6.03 Å². The minimum Gasteiger partial charge on any atom is -0.372 e. The monoisotopic (exact) mass is 480 g/mol. The lowest BCUT2D eigenvalue weighted by atomic mass is 10.0. The second kappa shape index (κ2) is 9.80. The van der Waals surface area contributed by atoms with E-state index in [9.17, 15) is 13.2 Å². The van der Waals surface area contributed by atoms with Crippen molar-refractivity contribution in [2.45, 2.75) is 84.3 Å². The Kier molecular flexibility index (Phi) is 7.65. The molecule has 1 aromatic carbocycles. The van der Waals surface area contributed by atoms with Crippen LogP contribution in [0.3, 0.4) is 0 Å². The van der Waals surface area contributed by atoms with E-state index >= 15 is 0 Å². The first-order chi connectivity index (χ1) is 15.3. The van der Waals surface area contributed by atoms with Gasteiger partial charge in [-0.1, -0.05) is 0 Å². The van der Waals surface area contributed by atoms with Crippen LogP contribution in [0.1, 0.15) is 58.6 Å². The number of ether oxygens (including phenoxy) is 1. The Bertz CT molecular complexity index is 955. The molecule has 0 aromatic heterocycles. The van der Waals surface area contributed by atoms with Gasteiger partial charge in [0.2, 0.25) is 10.0 Å². The van der Waals surface area contributed by atoms with Gasteiger partial charge < -0.3 is 19.9 Å². The number of hydrogen-bond donors (Lipinski definition) is 2. The van der Waals surface area contributed by atoms with Crippen molar-refractivity contribution >= 4 is 27.4 Å². The lowest BCUT2D eigenvalue weighted by molar-refractivity contribution is -0.00525. The molecule has 9 heteroatoms. The Hall–Kier alpha value is -1.84. The van der Waals surface area contributed by atoms with Crippen LogP contribution in [0.25, 0.3) is 0 Å². The first-order valence-electron chi connectivity index (χ1n) is 11.9. The number of urea groups is 1. The van der Waals surface area contributed by atoms with Gasteiger partial charge in [-0.2, -0.15) is 0 Å². The maximum atomic E-state index is 12.9. The van der Waals surface area contributed by atoms with Crippen molar-refractivity contribution in [2.24, 2.45) is 0 Å². The average molecular weight is 481 g/mol. The van der Waals surface area contributed by atoms with Gasteiger partial charge in [0.1, 0.15) is 0 Å². The number of likely N-dealkylation sites (tertiary alicyclic amines) is 1. The van der Waals surface area contributed by atoms with E-state index < -0.39 is 14.8 Å². The molecule has 2 atom stereocenters. The molecule has 2 heterocycles. The van der Waals surface area contributed by atoms with Crippen LogP contribution < -0.4 is 14.9 Å². The van der Waals surface area contributed by atoms with Crippen LogP contribution in [0, 0.1) is 13.8 Å². The quantitative estimate of drug-likeness (QED) is 0.687. The Morgan fingerprint density at radius 1 is 1.03 bits per heavy atom. The van der Waals surface area contributed by atoms with Gasteiger partial charge in [-0.15, -0.1) is 0 Å². The van der Waals surface area contributed by atoms with Crippen molar-refractivity contribution < 1.29 is 17.9 Å². The van der Waals surface area contributed by atoms with Gasteiger partial charge in [-0.25, -0.2) is 17.9 Å². The number of carbonyl (C=O) groups is 1. The van der Waals surface area contributed by atoms with Crippen molar-refractivity contribution in [3.63, 3.8) is 0 Å². The summed E-state index contributed by atoms with van der Waals surface area (Å²) in [6.45, 7) is 16.1. The molecule has 8 nitrogen and oxygen atoms in total. The van der Waals surface area contributed by atoms with Gasteiger partial charge in [-0.3, -0.25) is 0 Å². The molecule has 33 heavy (non-hydrogen) atoms. The molecule has 3 rings (SSSR count). The molecule has 1 aromatic rings. The normalized spacial score (nSPS) is 23.0. The zero-order valence-corrected chi connectivity index (χ0v) is 21.9. The molecule has 186 valence electrons. The average Bonchev–Trinajstić information content (AvgIpc) is 2.70. The summed E-state index contributed by atoms with van der Waals surface area (Å²) in [7, 11) is -3.40. The lowest BCUT2D eigenvalue weighted by Crippen LogP contribution is -2.50. The Morgan fingerprint density at radius 3 is 2.15 bits per heavy atom. The summed E-state index contributed by atoms with van der Waals surface area (Å²) in [6.07, 6.45) is 1.58. The molecular formula is C24H40N4O4S. The van der Waals surface area contributed by atoms with Crippen molar-refractivity contribution in [1.82, 2.24) is 9.62 Å². The molecule has 2 unspecified atom stereocenters. The molecule has 2 saturated heterocycles. The molecule has 0 spiro atoms. The highest BCUT2D eigenvalue weighted by Gasteiger charge is 2.33. The predicted molar refractivity (Wildman–Crippen MR) is 134 cm³/mol. The van der Waals surface area contributed by atoms with Crippen molar-refractivity contribution in [3.8, 4) is 0 Å². The fourth-order valence-corrected chi connectivity index (χ4v) is 5.48. The van der Waals surface area contributed by atoms with E-state index in [1.54, 1.807) is 25.7 Å². The number of rotatable bonds is 4. The third-order valence-corrected chi connectivity index (χ3v) is 8.93. The molecule has 0 aliphatic carbocycles. The summed E-state index contributed by atoms with van der Waals surface area (Å²) in [5, 5.41) is 3.06. The Balaban J connectivity index is 1.60. The number of nitrogens with zero attached hydrogens (tertiary/aromatic N) is 2. The van der Waals surface area contributed by atoms with Crippen LogP contribution in [0.5, 0.6) is 0 Å². The van der Waals surface area contributed by atoms with Crippen LogP contribution in [0.15, 0.2) is 12.1 Å². The van der Waals surface area contributed by atoms with Gasteiger partial charge in [0.15, 0.2) is 0 Å². The van der Waals surface area contributed by atoms with E-state index in [-0.39, 0.29) is 24.3 Å². The smallest absolute Gasteiger partial charge is 0.321 e. The minimum absolute atomic E-state index is 0.139. The number of benzene rings is 1. The maximum absolute atomic E-state index is 12.9. The van der Waals surface area contributed by atoms with Crippen LogP contribution in [0.2, 0.25) is 0 Å². The fraction of sp³-hybridized carbons (Fsp3) is 0.708. The second-order valence-corrected chi connectivity index (χ2v) is 12.9. The van der Waals surface area contributed by atoms with E-state index in [1.807, 2.05) is 13.0 Å². The van der Waals surface area contributed by atoms with Crippen molar-refractivity contribution in [1.29, 1.82) is 0 Å². The molecule has 2 aliphatic rings. The number of hydrogen-bond acceptors (Lipinski definition) is 5. The highest BCUT2D eigenvalue weighted by Crippen LogP contribution is 2.31. The van der Waals surface area contributed by atoms with Gasteiger partial charge in [0.25, 0.3) is 0 Å². The maximum Gasteiger partial charge on any atom is 0.321 e. The number of sulfonamides is 1. The molecule has 2 fully saturated rings. The minimum atomic E-state index is -3.40.